The summed E-state index contributed by atoms with van der Waals surface area (Å²) in [6.45, 7) is 2.57. The summed E-state index contributed by atoms with van der Waals surface area (Å²) in [7, 11) is -1.39. The number of hydrogen-bond acceptors (Lipinski definition) is 3. The number of hydrogen-bond donors (Lipinski definition) is 0. The van der Waals surface area contributed by atoms with E-state index in [0.29, 0.717) is 30.1 Å². The average Bonchev–Trinajstić information content (AvgIpc) is 3.28. The molecule has 1 saturated heterocycles. The van der Waals surface area contributed by atoms with E-state index in [1.165, 1.54) is 17.1 Å². The van der Waals surface area contributed by atoms with Gasteiger partial charge in [0.25, 0.3) is 5.91 Å². The molecule has 0 radical (unpaired) electrons. The second-order valence-electron chi connectivity index (χ2n) is 6.29. The van der Waals surface area contributed by atoms with E-state index in [9.17, 15) is 13.2 Å². The van der Waals surface area contributed by atoms with E-state index in [1.807, 2.05) is 7.05 Å². The Labute approximate surface area is 132 Å². The molecule has 1 aromatic carbocycles. The molecule has 0 bridgehead atoms. The van der Waals surface area contributed by atoms with E-state index in [0.717, 1.165) is 0 Å². The van der Waals surface area contributed by atoms with E-state index < -0.39 is 10.0 Å². The van der Waals surface area contributed by atoms with Gasteiger partial charge < -0.3 is 4.90 Å². The Morgan fingerprint density at radius 2 is 2.09 bits per heavy atom. The summed E-state index contributed by atoms with van der Waals surface area (Å²) in [6.07, 6.45) is 3.01. The van der Waals surface area contributed by atoms with Crippen LogP contribution in [0.4, 0.5) is 5.69 Å². The van der Waals surface area contributed by atoms with E-state index in [1.54, 1.807) is 29.2 Å². The summed E-state index contributed by atoms with van der Waals surface area (Å²) < 4.78 is 25.4. The van der Waals surface area contributed by atoms with Gasteiger partial charge in [-0.15, -0.1) is 0 Å². The van der Waals surface area contributed by atoms with Gasteiger partial charge in [-0.25, -0.2) is 8.42 Å². The normalized spacial score (nSPS) is 21.6. The average molecular weight is 322 g/mol. The molecule has 1 aliphatic heterocycles. The fourth-order valence-corrected chi connectivity index (χ4v) is 4.56. The van der Waals surface area contributed by atoms with Crippen LogP contribution in [0.2, 0.25) is 0 Å². The number of carbonyl (C=O) groups excluding carboxylic acids is 1. The van der Waals surface area contributed by atoms with Gasteiger partial charge in [0.05, 0.1) is 11.4 Å². The lowest BCUT2D eigenvalue weighted by atomic mass is 10.1. The van der Waals surface area contributed by atoms with Gasteiger partial charge in [0.1, 0.15) is 0 Å². The van der Waals surface area contributed by atoms with Gasteiger partial charge >= 0.3 is 0 Å². The summed E-state index contributed by atoms with van der Waals surface area (Å²) in [6, 6.07) is 7.19. The van der Waals surface area contributed by atoms with Crippen LogP contribution in [-0.2, 0) is 10.0 Å². The van der Waals surface area contributed by atoms with E-state index in [-0.39, 0.29) is 17.7 Å². The molecular formula is C16H22N2O3S. The monoisotopic (exact) mass is 322 g/mol. The number of rotatable bonds is 4. The largest absolute Gasteiger partial charge is 0.339 e. The van der Waals surface area contributed by atoms with Crippen molar-refractivity contribution in [1.29, 1.82) is 0 Å². The third kappa shape index (κ3) is 2.84. The molecule has 6 heteroatoms. The van der Waals surface area contributed by atoms with Crippen LogP contribution < -0.4 is 4.31 Å². The molecule has 1 atom stereocenters. The molecule has 0 N–H and O–H groups in total. The summed E-state index contributed by atoms with van der Waals surface area (Å²) >= 11 is 0. The summed E-state index contributed by atoms with van der Waals surface area (Å²) in [4.78, 5) is 14.4. The lowest BCUT2D eigenvalue weighted by Gasteiger charge is -2.25. The zero-order chi connectivity index (χ0) is 15.9. The first-order valence-electron chi connectivity index (χ1n) is 7.78. The molecule has 22 heavy (non-hydrogen) atoms. The molecule has 0 aromatic heterocycles. The Morgan fingerprint density at radius 1 is 1.36 bits per heavy atom. The Kier molecular flexibility index (Phi) is 3.89. The maximum atomic E-state index is 12.6. The molecule has 2 aliphatic rings. The van der Waals surface area contributed by atoms with Gasteiger partial charge in [-0.2, -0.15) is 0 Å². The van der Waals surface area contributed by atoms with Crippen molar-refractivity contribution in [3.05, 3.63) is 29.8 Å². The van der Waals surface area contributed by atoms with E-state index in [2.05, 4.69) is 6.92 Å². The van der Waals surface area contributed by atoms with Crippen molar-refractivity contribution >= 4 is 21.6 Å². The van der Waals surface area contributed by atoms with Crippen LogP contribution in [0.15, 0.2) is 24.3 Å². The topological polar surface area (TPSA) is 57.7 Å². The highest BCUT2D eigenvalue weighted by Gasteiger charge is 2.33. The molecule has 1 unspecified atom stereocenters. The summed E-state index contributed by atoms with van der Waals surface area (Å²) in [5.74, 6) is 0.748. The van der Waals surface area contributed by atoms with E-state index in [4.69, 9.17) is 0 Å². The van der Waals surface area contributed by atoms with Crippen molar-refractivity contribution in [2.75, 3.05) is 23.7 Å². The van der Waals surface area contributed by atoms with Crippen LogP contribution in [0.25, 0.3) is 0 Å². The highest BCUT2D eigenvalue weighted by atomic mass is 32.2. The van der Waals surface area contributed by atoms with Crippen molar-refractivity contribution in [2.24, 2.45) is 5.92 Å². The number of benzene rings is 1. The standard InChI is InChI=1S/C16H22N2O3S/c1-12(13-7-8-13)17(2)16(19)14-5-3-6-15(11-14)18-9-4-10-22(18,20)21/h3,5-6,11-13H,4,7-10H2,1-2H3. The molecule has 1 aromatic rings. The second kappa shape index (κ2) is 5.57. The molecule has 1 amide bonds. The fraction of sp³-hybridized carbons (Fsp3) is 0.562. The van der Waals surface area contributed by atoms with Crippen LogP contribution in [0.5, 0.6) is 0 Å². The predicted octanol–water partition coefficient (Wildman–Crippen LogP) is 2.10. The van der Waals surface area contributed by atoms with Gasteiger partial charge in [0.15, 0.2) is 0 Å². The predicted molar refractivity (Wildman–Crippen MR) is 86.5 cm³/mol. The Bertz CT molecular complexity index is 682. The van der Waals surface area contributed by atoms with Crippen LogP contribution in [0, 0.1) is 5.92 Å². The minimum absolute atomic E-state index is 0.0437. The Morgan fingerprint density at radius 3 is 2.68 bits per heavy atom. The SMILES string of the molecule is CC(C1CC1)N(C)C(=O)c1cccc(N2CCCS2(=O)=O)c1. The lowest BCUT2D eigenvalue weighted by molar-refractivity contribution is 0.0727. The maximum Gasteiger partial charge on any atom is 0.253 e. The minimum Gasteiger partial charge on any atom is -0.339 e. The van der Waals surface area contributed by atoms with Gasteiger partial charge in [-0.05, 0) is 50.3 Å². The molecule has 1 saturated carbocycles. The number of carbonyl (C=O) groups is 1. The van der Waals surface area contributed by atoms with Crippen LogP contribution >= 0.6 is 0 Å². The summed E-state index contributed by atoms with van der Waals surface area (Å²) in [5, 5.41) is 0. The van der Waals surface area contributed by atoms with Gasteiger partial charge in [0, 0.05) is 25.2 Å². The molecule has 1 aliphatic carbocycles. The fourth-order valence-electron chi connectivity index (χ4n) is 3.01. The minimum atomic E-state index is -3.21. The van der Waals surface area contributed by atoms with Crippen LogP contribution in [0.3, 0.4) is 0 Å². The molecule has 120 valence electrons. The zero-order valence-electron chi connectivity index (χ0n) is 13.0. The lowest BCUT2D eigenvalue weighted by Crippen LogP contribution is -2.36. The highest BCUT2D eigenvalue weighted by molar-refractivity contribution is 7.93. The number of anilines is 1. The van der Waals surface area contributed by atoms with Crippen LogP contribution in [0.1, 0.15) is 36.5 Å². The first kappa shape index (κ1) is 15.3. The van der Waals surface area contributed by atoms with E-state index >= 15 is 0 Å². The number of nitrogens with zero attached hydrogens (tertiary/aromatic N) is 2. The van der Waals surface area contributed by atoms with Crippen molar-refractivity contribution in [2.45, 2.75) is 32.2 Å². The zero-order valence-corrected chi connectivity index (χ0v) is 13.8. The summed E-state index contributed by atoms with van der Waals surface area (Å²) in [5.41, 5.74) is 1.14. The van der Waals surface area contributed by atoms with Crippen LogP contribution in [-0.4, -0.2) is 44.6 Å². The van der Waals surface area contributed by atoms with Gasteiger partial charge in [-0.3, -0.25) is 9.10 Å². The Hall–Kier alpha value is -1.56. The molecule has 0 spiro atoms. The maximum absolute atomic E-state index is 12.6. The molecule has 2 fully saturated rings. The number of amides is 1. The highest BCUT2D eigenvalue weighted by Crippen LogP contribution is 2.35. The third-order valence-electron chi connectivity index (χ3n) is 4.72. The van der Waals surface area contributed by atoms with Crippen molar-refractivity contribution in [3.8, 4) is 0 Å². The van der Waals surface area contributed by atoms with Gasteiger partial charge in [0.2, 0.25) is 10.0 Å². The first-order valence-corrected chi connectivity index (χ1v) is 9.39. The van der Waals surface area contributed by atoms with Gasteiger partial charge in [-0.1, -0.05) is 6.07 Å². The molecule has 3 rings (SSSR count). The molecular weight excluding hydrogens is 300 g/mol. The Balaban J connectivity index is 1.83. The third-order valence-corrected chi connectivity index (χ3v) is 6.59. The first-order chi connectivity index (χ1) is 10.4. The second-order valence-corrected chi connectivity index (χ2v) is 8.30. The molecule has 1 heterocycles. The van der Waals surface area contributed by atoms with Crippen molar-refractivity contribution in [3.63, 3.8) is 0 Å². The van der Waals surface area contributed by atoms with Crippen molar-refractivity contribution < 1.29 is 13.2 Å². The molecule has 5 nitrogen and oxygen atoms in total. The van der Waals surface area contributed by atoms with Crippen molar-refractivity contribution in [1.82, 2.24) is 4.90 Å². The quantitative estimate of drug-likeness (QED) is 0.853. The smallest absolute Gasteiger partial charge is 0.253 e. The number of sulfonamides is 1.